The van der Waals surface area contributed by atoms with Crippen LogP contribution in [-0.2, 0) is 14.8 Å². The van der Waals surface area contributed by atoms with Gasteiger partial charge in [0.2, 0.25) is 15.9 Å². The number of carbonyl (C=O) groups is 1. The number of para-hydroxylation sites is 1. The number of aryl methyl sites for hydroxylation is 2. The predicted molar refractivity (Wildman–Crippen MR) is 115 cm³/mol. The molecule has 2 aromatic rings. The third-order valence-corrected chi connectivity index (χ3v) is 6.08. The van der Waals surface area contributed by atoms with Crippen LogP contribution in [0.2, 0.25) is 0 Å². The van der Waals surface area contributed by atoms with E-state index in [1.54, 1.807) is 24.3 Å². The van der Waals surface area contributed by atoms with E-state index in [1.807, 2.05) is 13.0 Å². The Kier molecular flexibility index (Phi) is 7.63. The molecule has 1 N–H and O–H groups in total. The Hall–Kier alpha value is -2.34. The molecule has 0 aliphatic heterocycles. The average Bonchev–Trinajstić information content (AvgIpc) is 2.65. The molecule has 0 radical (unpaired) electrons. The van der Waals surface area contributed by atoms with Gasteiger partial charge in [0.15, 0.2) is 0 Å². The van der Waals surface area contributed by atoms with E-state index in [2.05, 4.69) is 37.4 Å². The number of hydrogen-bond acceptors (Lipinski definition) is 3. The van der Waals surface area contributed by atoms with Gasteiger partial charge in [0, 0.05) is 13.0 Å². The lowest BCUT2D eigenvalue weighted by atomic mass is 9.99. The van der Waals surface area contributed by atoms with Crippen molar-refractivity contribution in [1.29, 1.82) is 0 Å². The zero-order valence-electron chi connectivity index (χ0n) is 17.1. The molecule has 0 spiro atoms. The molecule has 0 fully saturated rings. The van der Waals surface area contributed by atoms with Crippen molar-refractivity contribution in [2.75, 3.05) is 17.1 Å². The minimum atomic E-state index is -3.39. The fourth-order valence-corrected chi connectivity index (χ4v) is 4.10. The molecular weight excluding hydrogens is 372 g/mol. The van der Waals surface area contributed by atoms with Crippen molar-refractivity contribution in [2.24, 2.45) is 0 Å². The molecule has 0 saturated heterocycles. The number of nitrogens with zero attached hydrogens (tertiary/aromatic N) is 1. The minimum Gasteiger partial charge on any atom is -0.349 e. The van der Waals surface area contributed by atoms with Gasteiger partial charge < -0.3 is 5.32 Å². The summed E-state index contributed by atoms with van der Waals surface area (Å²) in [5, 5.41) is 3.08. The standard InChI is InChI=1S/C22H30N2O3S/c1-5-21(19-14-13-17(2)18(3)16-19)23-22(25)12-9-15-24(28(4,26)27)20-10-7-6-8-11-20/h6-8,10-11,13-14,16,21H,5,9,12,15H2,1-4H3,(H,23,25)/t21-/m1/s1. The Labute approximate surface area is 168 Å². The Morgan fingerprint density at radius 3 is 2.32 bits per heavy atom. The Morgan fingerprint density at radius 1 is 1.07 bits per heavy atom. The van der Waals surface area contributed by atoms with Crippen LogP contribution in [0.4, 0.5) is 5.69 Å². The van der Waals surface area contributed by atoms with Crippen LogP contribution < -0.4 is 9.62 Å². The van der Waals surface area contributed by atoms with E-state index in [-0.39, 0.29) is 24.9 Å². The highest BCUT2D eigenvalue weighted by molar-refractivity contribution is 7.92. The van der Waals surface area contributed by atoms with Gasteiger partial charge in [-0.05, 0) is 55.5 Å². The second-order valence-corrected chi connectivity index (χ2v) is 9.05. The zero-order valence-corrected chi connectivity index (χ0v) is 17.9. The summed E-state index contributed by atoms with van der Waals surface area (Å²) in [5.74, 6) is -0.0633. The van der Waals surface area contributed by atoms with Crippen LogP contribution in [0.15, 0.2) is 48.5 Å². The molecule has 0 heterocycles. The van der Waals surface area contributed by atoms with Crippen molar-refractivity contribution in [2.45, 2.75) is 46.1 Å². The van der Waals surface area contributed by atoms with E-state index in [4.69, 9.17) is 0 Å². The summed E-state index contributed by atoms with van der Waals surface area (Å²) >= 11 is 0. The highest BCUT2D eigenvalue weighted by Gasteiger charge is 2.18. The van der Waals surface area contributed by atoms with E-state index >= 15 is 0 Å². The smallest absolute Gasteiger partial charge is 0.232 e. The molecule has 0 aliphatic carbocycles. The van der Waals surface area contributed by atoms with Crippen molar-refractivity contribution < 1.29 is 13.2 Å². The van der Waals surface area contributed by atoms with Gasteiger partial charge in [-0.2, -0.15) is 0 Å². The monoisotopic (exact) mass is 402 g/mol. The van der Waals surface area contributed by atoms with Gasteiger partial charge >= 0.3 is 0 Å². The van der Waals surface area contributed by atoms with E-state index in [1.165, 1.54) is 21.7 Å². The van der Waals surface area contributed by atoms with Gasteiger partial charge in [-0.25, -0.2) is 8.42 Å². The molecule has 0 bridgehead atoms. The first-order chi connectivity index (χ1) is 13.2. The molecule has 0 aromatic heterocycles. The third-order valence-electron chi connectivity index (χ3n) is 4.89. The summed E-state index contributed by atoms with van der Waals surface area (Å²) in [4.78, 5) is 12.4. The molecule has 1 atom stereocenters. The molecule has 0 saturated carbocycles. The molecule has 0 unspecified atom stereocenters. The summed E-state index contributed by atoms with van der Waals surface area (Å²) in [7, 11) is -3.39. The number of nitrogens with one attached hydrogen (secondary N) is 1. The predicted octanol–water partition coefficient (Wildman–Crippen LogP) is 4.12. The molecule has 5 nitrogen and oxygen atoms in total. The normalized spacial score (nSPS) is 12.4. The van der Waals surface area contributed by atoms with Gasteiger partial charge in [-0.15, -0.1) is 0 Å². The average molecular weight is 403 g/mol. The Morgan fingerprint density at radius 2 is 1.75 bits per heavy atom. The number of rotatable bonds is 9. The molecule has 2 aromatic carbocycles. The summed E-state index contributed by atoms with van der Waals surface area (Å²) in [6, 6.07) is 15.2. The molecule has 2 rings (SSSR count). The zero-order chi connectivity index (χ0) is 20.7. The third kappa shape index (κ3) is 6.09. The Bertz CT molecular complexity index is 895. The molecule has 28 heavy (non-hydrogen) atoms. The van der Waals surface area contributed by atoms with Crippen LogP contribution in [0.5, 0.6) is 0 Å². The van der Waals surface area contributed by atoms with Crippen LogP contribution in [0.1, 0.15) is 48.9 Å². The number of amides is 1. The van der Waals surface area contributed by atoms with Crippen LogP contribution in [0, 0.1) is 13.8 Å². The first-order valence-corrected chi connectivity index (χ1v) is 11.5. The maximum atomic E-state index is 12.4. The number of sulfonamides is 1. The van der Waals surface area contributed by atoms with Crippen molar-refractivity contribution >= 4 is 21.6 Å². The quantitative estimate of drug-likeness (QED) is 0.686. The molecule has 0 aliphatic rings. The summed E-state index contributed by atoms with van der Waals surface area (Å²) < 4.78 is 25.6. The van der Waals surface area contributed by atoms with Crippen molar-refractivity contribution in [3.8, 4) is 0 Å². The van der Waals surface area contributed by atoms with Gasteiger partial charge in [0.1, 0.15) is 0 Å². The molecular formula is C22H30N2O3S. The molecule has 1 amide bonds. The van der Waals surface area contributed by atoms with Crippen molar-refractivity contribution in [1.82, 2.24) is 5.32 Å². The number of hydrogen-bond donors (Lipinski definition) is 1. The van der Waals surface area contributed by atoms with E-state index in [9.17, 15) is 13.2 Å². The van der Waals surface area contributed by atoms with Crippen molar-refractivity contribution in [3.05, 3.63) is 65.2 Å². The maximum Gasteiger partial charge on any atom is 0.232 e. The lowest BCUT2D eigenvalue weighted by molar-refractivity contribution is -0.121. The van der Waals surface area contributed by atoms with Crippen LogP contribution >= 0.6 is 0 Å². The second-order valence-electron chi connectivity index (χ2n) is 7.15. The van der Waals surface area contributed by atoms with Gasteiger partial charge in [0.05, 0.1) is 18.0 Å². The van der Waals surface area contributed by atoms with Gasteiger partial charge in [0.25, 0.3) is 0 Å². The lowest BCUT2D eigenvalue weighted by Gasteiger charge is -2.23. The molecule has 6 heteroatoms. The SMILES string of the molecule is CC[C@@H](NC(=O)CCCN(c1ccccc1)S(C)(=O)=O)c1ccc(C)c(C)c1. The van der Waals surface area contributed by atoms with Crippen molar-refractivity contribution in [3.63, 3.8) is 0 Å². The van der Waals surface area contributed by atoms with Crippen LogP contribution in [0.25, 0.3) is 0 Å². The minimum absolute atomic E-state index is 0.0352. The summed E-state index contributed by atoms with van der Waals surface area (Å²) in [5.41, 5.74) is 4.15. The van der Waals surface area contributed by atoms with E-state index in [0.717, 1.165) is 12.0 Å². The number of benzene rings is 2. The summed E-state index contributed by atoms with van der Waals surface area (Å²) in [6.45, 7) is 6.45. The van der Waals surface area contributed by atoms with Crippen LogP contribution in [-0.4, -0.2) is 27.1 Å². The first-order valence-electron chi connectivity index (χ1n) is 9.61. The van der Waals surface area contributed by atoms with E-state index < -0.39 is 10.0 Å². The maximum absolute atomic E-state index is 12.4. The number of carbonyl (C=O) groups excluding carboxylic acids is 1. The fourth-order valence-electron chi connectivity index (χ4n) is 3.13. The topological polar surface area (TPSA) is 66.5 Å². The highest BCUT2D eigenvalue weighted by Crippen LogP contribution is 2.21. The van der Waals surface area contributed by atoms with Gasteiger partial charge in [-0.1, -0.05) is 43.3 Å². The fraction of sp³-hybridized carbons (Fsp3) is 0.409. The number of anilines is 1. The second kappa shape index (κ2) is 9.73. The highest BCUT2D eigenvalue weighted by atomic mass is 32.2. The van der Waals surface area contributed by atoms with Gasteiger partial charge in [-0.3, -0.25) is 9.10 Å². The van der Waals surface area contributed by atoms with Crippen LogP contribution in [0.3, 0.4) is 0 Å². The van der Waals surface area contributed by atoms with E-state index in [0.29, 0.717) is 12.1 Å². The summed E-state index contributed by atoms with van der Waals surface area (Å²) in [6.07, 6.45) is 2.72. The lowest BCUT2D eigenvalue weighted by Crippen LogP contribution is -2.33. The largest absolute Gasteiger partial charge is 0.349 e. The molecule has 152 valence electrons. The first kappa shape index (κ1) is 22.0. The Balaban J connectivity index is 1.95.